The lowest BCUT2D eigenvalue weighted by molar-refractivity contribution is 0.680. The molecule has 0 bridgehead atoms. The molecular formula is C15H14Cl2N6S. The second-order valence-electron chi connectivity index (χ2n) is 5.21. The van der Waals surface area contributed by atoms with Crippen molar-refractivity contribution in [2.24, 2.45) is 5.10 Å². The Bertz CT molecular complexity index is 951. The Labute approximate surface area is 153 Å². The Balaban J connectivity index is 1.89. The highest BCUT2D eigenvalue weighted by atomic mass is 35.5. The van der Waals surface area contributed by atoms with E-state index in [1.54, 1.807) is 10.9 Å². The van der Waals surface area contributed by atoms with Crippen molar-refractivity contribution in [1.82, 2.24) is 24.7 Å². The van der Waals surface area contributed by atoms with Gasteiger partial charge in [-0.15, -0.1) is 0 Å². The molecule has 0 aliphatic carbocycles. The van der Waals surface area contributed by atoms with Gasteiger partial charge in [-0.1, -0.05) is 35.3 Å². The lowest BCUT2D eigenvalue weighted by Crippen LogP contribution is -2.02. The summed E-state index contributed by atoms with van der Waals surface area (Å²) in [6.07, 6.45) is 1.64. The fourth-order valence-electron chi connectivity index (χ4n) is 2.20. The summed E-state index contributed by atoms with van der Waals surface area (Å²) in [5.74, 6) is 0.665. The Morgan fingerprint density at radius 2 is 1.96 bits per heavy atom. The average Bonchev–Trinajstić information content (AvgIpc) is 3.00. The molecule has 2 aromatic heterocycles. The second kappa shape index (κ2) is 6.88. The van der Waals surface area contributed by atoms with Crippen LogP contribution in [0.2, 0.25) is 10.2 Å². The van der Waals surface area contributed by atoms with Gasteiger partial charge < -0.3 is 0 Å². The van der Waals surface area contributed by atoms with Crippen LogP contribution in [0.1, 0.15) is 22.6 Å². The number of hydrogen-bond acceptors (Lipinski definition) is 4. The maximum atomic E-state index is 6.45. The first-order valence-corrected chi connectivity index (χ1v) is 8.28. The Kier molecular flexibility index (Phi) is 4.84. The number of nitrogens with zero attached hydrogens (tertiary/aromatic N) is 5. The monoisotopic (exact) mass is 380 g/mol. The van der Waals surface area contributed by atoms with Gasteiger partial charge in [-0.2, -0.15) is 20.0 Å². The van der Waals surface area contributed by atoms with Crippen molar-refractivity contribution in [3.8, 4) is 0 Å². The van der Waals surface area contributed by atoms with Crippen LogP contribution in [-0.2, 0) is 6.54 Å². The number of benzene rings is 1. The summed E-state index contributed by atoms with van der Waals surface area (Å²) in [6.45, 7) is 4.24. The molecule has 9 heteroatoms. The number of aromatic amines is 1. The predicted molar refractivity (Wildman–Crippen MR) is 97.7 cm³/mol. The molecular weight excluding hydrogens is 367 g/mol. The largest absolute Gasteiger partial charge is 0.250 e. The molecule has 0 aliphatic heterocycles. The van der Waals surface area contributed by atoms with Gasteiger partial charge in [0.15, 0.2) is 0 Å². The molecule has 124 valence electrons. The molecule has 0 unspecified atom stereocenters. The van der Waals surface area contributed by atoms with E-state index in [2.05, 4.69) is 20.4 Å². The van der Waals surface area contributed by atoms with E-state index in [0.717, 1.165) is 16.8 Å². The molecule has 0 spiro atoms. The third-order valence-electron chi connectivity index (χ3n) is 3.47. The van der Waals surface area contributed by atoms with Crippen LogP contribution in [-0.4, -0.2) is 30.9 Å². The zero-order chi connectivity index (χ0) is 17.3. The summed E-state index contributed by atoms with van der Waals surface area (Å²) in [4.78, 5) is 0. The fraction of sp³-hybridized carbons (Fsp3) is 0.200. The maximum absolute atomic E-state index is 6.45. The Morgan fingerprint density at radius 3 is 2.58 bits per heavy atom. The summed E-state index contributed by atoms with van der Waals surface area (Å²) in [5, 5.41) is 16.7. The molecule has 24 heavy (non-hydrogen) atoms. The van der Waals surface area contributed by atoms with E-state index in [0.29, 0.717) is 27.3 Å². The van der Waals surface area contributed by atoms with Crippen molar-refractivity contribution < 1.29 is 0 Å². The molecule has 0 aliphatic rings. The highest BCUT2D eigenvalue weighted by molar-refractivity contribution is 7.71. The van der Waals surface area contributed by atoms with Crippen LogP contribution >= 0.6 is 35.4 Å². The fourth-order valence-corrected chi connectivity index (χ4v) is 2.84. The molecule has 0 fully saturated rings. The standard InChI is InChI=1S/C15H14Cl2N6S/c1-9-13(7-18-23-10(2)19-20-15(23)24)14(17)22(21-9)8-11-3-5-12(16)6-4-11/h3-7H,8H2,1-2H3,(H,20,24). The summed E-state index contributed by atoms with van der Waals surface area (Å²) in [6, 6.07) is 7.56. The van der Waals surface area contributed by atoms with Gasteiger partial charge in [0, 0.05) is 5.02 Å². The molecule has 0 amide bonds. The minimum absolute atomic E-state index is 0.422. The zero-order valence-corrected chi connectivity index (χ0v) is 15.3. The van der Waals surface area contributed by atoms with Crippen molar-refractivity contribution >= 4 is 41.6 Å². The molecule has 0 saturated carbocycles. The van der Waals surface area contributed by atoms with Crippen molar-refractivity contribution in [3.05, 3.63) is 61.9 Å². The number of aromatic nitrogens is 5. The van der Waals surface area contributed by atoms with Crippen LogP contribution in [0.15, 0.2) is 29.4 Å². The SMILES string of the molecule is Cc1nn(Cc2ccc(Cl)cc2)c(Cl)c1C=Nn1c(C)n[nH]c1=S. The van der Waals surface area contributed by atoms with Gasteiger partial charge in [-0.05, 0) is 43.8 Å². The predicted octanol–water partition coefficient (Wildman–Crippen LogP) is 3.99. The molecule has 1 aromatic carbocycles. The molecule has 0 saturated heterocycles. The molecule has 2 heterocycles. The summed E-state index contributed by atoms with van der Waals surface area (Å²) >= 11 is 17.5. The van der Waals surface area contributed by atoms with Crippen LogP contribution in [0.25, 0.3) is 0 Å². The van der Waals surface area contributed by atoms with E-state index in [4.69, 9.17) is 35.4 Å². The van der Waals surface area contributed by atoms with Crippen molar-refractivity contribution in [2.75, 3.05) is 0 Å². The molecule has 3 rings (SSSR count). The van der Waals surface area contributed by atoms with Crippen LogP contribution in [0.5, 0.6) is 0 Å². The van der Waals surface area contributed by atoms with Gasteiger partial charge in [0.05, 0.1) is 24.0 Å². The highest BCUT2D eigenvalue weighted by Gasteiger charge is 2.12. The summed E-state index contributed by atoms with van der Waals surface area (Å²) in [7, 11) is 0. The van der Waals surface area contributed by atoms with E-state index in [1.807, 2.05) is 38.1 Å². The third kappa shape index (κ3) is 3.43. The normalized spacial score (nSPS) is 11.5. The van der Waals surface area contributed by atoms with E-state index >= 15 is 0 Å². The first kappa shape index (κ1) is 16.9. The Hall–Kier alpha value is -1.96. The first-order chi connectivity index (χ1) is 11.5. The van der Waals surface area contributed by atoms with Gasteiger partial charge in [-0.3, -0.25) is 5.10 Å². The lowest BCUT2D eigenvalue weighted by atomic mass is 10.2. The van der Waals surface area contributed by atoms with Crippen LogP contribution < -0.4 is 0 Å². The number of H-pyrrole nitrogens is 1. The first-order valence-electron chi connectivity index (χ1n) is 7.11. The Morgan fingerprint density at radius 1 is 1.25 bits per heavy atom. The van der Waals surface area contributed by atoms with E-state index in [9.17, 15) is 0 Å². The van der Waals surface area contributed by atoms with E-state index < -0.39 is 0 Å². The molecule has 1 N–H and O–H groups in total. The van der Waals surface area contributed by atoms with E-state index in [1.165, 1.54) is 4.68 Å². The van der Waals surface area contributed by atoms with Crippen LogP contribution in [0.3, 0.4) is 0 Å². The summed E-state index contributed by atoms with van der Waals surface area (Å²) < 4.78 is 3.68. The second-order valence-corrected chi connectivity index (χ2v) is 6.39. The molecule has 3 aromatic rings. The number of aryl methyl sites for hydroxylation is 2. The minimum atomic E-state index is 0.422. The topological polar surface area (TPSA) is 63.8 Å². The molecule has 6 nitrogen and oxygen atoms in total. The van der Waals surface area contributed by atoms with Gasteiger partial charge in [-0.25, -0.2) is 4.68 Å². The smallest absolute Gasteiger partial charge is 0.216 e. The third-order valence-corrected chi connectivity index (χ3v) is 4.38. The quantitative estimate of drug-likeness (QED) is 0.549. The van der Waals surface area contributed by atoms with Crippen molar-refractivity contribution in [1.29, 1.82) is 0 Å². The summed E-state index contributed by atoms with van der Waals surface area (Å²) in [5.41, 5.74) is 2.58. The van der Waals surface area contributed by atoms with Gasteiger partial charge in [0.25, 0.3) is 0 Å². The number of nitrogens with one attached hydrogen (secondary N) is 1. The van der Waals surface area contributed by atoms with Gasteiger partial charge in [0.2, 0.25) is 4.77 Å². The molecule has 0 radical (unpaired) electrons. The number of halogens is 2. The number of hydrogen-bond donors (Lipinski definition) is 1. The highest BCUT2D eigenvalue weighted by Crippen LogP contribution is 2.20. The number of rotatable bonds is 4. The van der Waals surface area contributed by atoms with Crippen LogP contribution in [0.4, 0.5) is 0 Å². The van der Waals surface area contributed by atoms with Crippen molar-refractivity contribution in [2.45, 2.75) is 20.4 Å². The minimum Gasteiger partial charge on any atom is -0.250 e. The molecule has 0 atom stereocenters. The zero-order valence-electron chi connectivity index (χ0n) is 13.0. The maximum Gasteiger partial charge on any atom is 0.216 e. The van der Waals surface area contributed by atoms with Crippen LogP contribution in [0, 0.1) is 18.6 Å². The van der Waals surface area contributed by atoms with Gasteiger partial charge >= 0.3 is 0 Å². The average molecular weight is 381 g/mol. The lowest BCUT2D eigenvalue weighted by Gasteiger charge is -2.03. The van der Waals surface area contributed by atoms with E-state index in [-0.39, 0.29) is 0 Å². The van der Waals surface area contributed by atoms with Crippen molar-refractivity contribution in [3.63, 3.8) is 0 Å². The van der Waals surface area contributed by atoms with Gasteiger partial charge in [0.1, 0.15) is 11.0 Å².